The first-order chi connectivity index (χ1) is 30.6. The number of rotatable bonds is 19. The van der Waals surface area contributed by atoms with E-state index in [1.807, 2.05) is 19.9 Å². The second-order valence-electron chi connectivity index (χ2n) is 15.3. The van der Waals surface area contributed by atoms with Crippen LogP contribution >= 0.6 is 23.2 Å². The van der Waals surface area contributed by atoms with E-state index in [-0.39, 0.29) is 28.4 Å². The Morgan fingerprint density at radius 3 is 1.36 bits per heavy atom. The van der Waals surface area contributed by atoms with E-state index in [9.17, 15) is 26.3 Å². The predicted molar refractivity (Wildman–Crippen MR) is 242 cm³/mol. The van der Waals surface area contributed by atoms with Crippen molar-refractivity contribution in [1.29, 1.82) is 0 Å². The van der Waals surface area contributed by atoms with E-state index in [0.717, 1.165) is 41.5 Å². The molecule has 0 aliphatic heterocycles. The van der Waals surface area contributed by atoms with Gasteiger partial charge in [-0.05, 0) is 165 Å². The monoisotopic (exact) mass is 918 g/mol. The summed E-state index contributed by atoms with van der Waals surface area (Å²) in [6, 6.07) is 36.0. The van der Waals surface area contributed by atoms with Crippen molar-refractivity contribution in [2.24, 2.45) is 0 Å². The van der Waals surface area contributed by atoms with E-state index < -0.39 is 30.3 Å². The molecule has 0 aromatic heterocycles. The summed E-state index contributed by atoms with van der Waals surface area (Å²) in [7, 11) is 0. The molecular formula is C52H46Cl2F6O4. The quantitative estimate of drug-likeness (QED) is 0.0461. The van der Waals surface area contributed by atoms with Gasteiger partial charge in [0.05, 0.1) is 5.41 Å². The number of hydrogen-bond acceptors (Lipinski definition) is 4. The van der Waals surface area contributed by atoms with Gasteiger partial charge in [-0.1, -0.05) is 78.5 Å². The molecule has 0 saturated carbocycles. The zero-order valence-corrected chi connectivity index (χ0v) is 36.6. The molecule has 64 heavy (non-hydrogen) atoms. The van der Waals surface area contributed by atoms with Crippen molar-refractivity contribution in [3.63, 3.8) is 0 Å². The predicted octanol–water partition coefficient (Wildman–Crippen LogP) is 16.1. The van der Waals surface area contributed by atoms with Gasteiger partial charge in [-0.2, -0.15) is 17.6 Å². The number of alkyl halides is 4. The van der Waals surface area contributed by atoms with Gasteiger partial charge in [0.15, 0.2) is 23.1 Å². The van der Waals surface area contributed by atoms with Crippen LogP contribution in [0.3, 0.4) is 0 Å². The van der Waals surface area contributed by atoms with Crippen LogP contribution in [0.5, 0.6) is 34.5 Å². The highest BCUT2D eigenvalue weighted by atomic mass is 35.5. The number of benzene rings is 6. The van der Waals surface area contributed by atoms with E-state index >= 15 is 0 Å². The molecule has 0 radical (unpaired) electrons. The number of aryl methyl sites for hydroxylation is 2. The van der Waals surface area contributed by atoms with E-state index in [1.54, 1.807) is 97.1 Å². The van der Waals surface area contributed by atoms with Gasteiger partial charge in [-0.15, -0.1) is 13.0 Å². The molecular weight excluding hydrogens is 873 g/mol. The second-order valence-corrected chi connectivity index (χ2v) is 16.1. The third-order valence-electron chi connectivity index (χ3n) is 10.6. The van der Waals surface area contributed by atoms with Crippen LogP contribution in [0, 0.1) is 24.0 Å². The van der Waals surface area contributed by atoms with E-state index in [1.165, 1.54) is 36.4 Å². The van der Waals surface area contributed by atoms with Crippen molar-refractivity contribution < 1.29 is 45.3 Å². The first-order valence-electron chi connectivity index (χ1n) is 20.2. The highest BCUT2D eigenvalue weighted by Gasteiger charge is 2.25. The van der Waals surface area contributed by atoms with Gasteiger partial charge < -0.3 is 18.9 Å². The van der Waals surface area contributed by atoms with Gasteiger partial charge in [0.2, 0.25) is 0 Å². The molecule has 4 nitrogen and oxygen atoms in total. The van der Waals surface area contributed by atoms with Gasteiger partial charge in [0.25, 0.3) is 0 Å². The standard InChI is InChI=1S/C26H24ClF3O2.C26H22ClF3O2/c2*1-3-26(2,19-7-11-22(12-8-19)32-25(29)30)16-4-5-18-6-15-23(28)24(17-18)31-21-13-9-20(27)10-14-21/h3,6-15,17,25H,1,4-5,16H2,2H3;1,6-15,17,25H,4-5,16H2,2H3. The molecule has 6 aromatic rings. The Morgan fingerprint density at radius 2 is 0.969 bits per heavy atom. The van der Waals surface area contributed by atoms with Crippen LogP contribution in [0.1, 0.15) is 61.8 Å². The molecule has 0 aliphatic rings. The van der Waals surface area contributed by atoms with Crippen LogP contribution in [0.15, 0.2) is 146 Å². The zero-order chi connectivity index (χ0) is 46.3. The molecule has 2 unspecified atom stereocenters. The fourth-order valence-corrected chi connectivity index (χ4v) is 7.07. The van der Waals surface area contributed by atoms with Gasteiger partial charge in [-0.3, -0.25) is 0 Å². The van der Waals surface area contributed by atoms with Gasteiger partial charge in [-0.25, -0.2) is 8.78 Å². The molecule has 0 N–H and O–H groups in total. The lowest BCUT2D eigenvalue weighted by atomic mass is 9.78. The molecule has 0 bridgehead atoms. The number of halogens is 8. The summed E-state index contributed by atoms with van der Waals surface area (Å²) in [5.41, 5.74) is 2.74. The normalized spacial score (nSPS) is 12.9. The lowest BCUT2D eigenvalue weighted by molar-refractivity contribution is -0.0505. The average Bonchev–Trinajstić information content (AvgIpc) is 3.27. The Morgan fingerprint density at radius 1 is 0.578 bits per heavy atom. The fourth-order valence-electron chi connectivity index (χ4n) is 6.81. The summed E-state index contributed by atoms with van der Waals surface area (Å²) in [4.78, 5) is 0. The first kappa shape index (κ1) is 49.0. The van der Waals surface area contributed by atoms with Crippen molar-refractivity contribution >= 4 is 23.2 Å². The molecule has 0 fully saturated rings. The molecule has 2 atom stereocenters. The minimum Gasteiger partial charge on any atom is -0.454 e. The number of allylic oxidation sites excluding steroid dienone is 1. The SMILES string of the molecule is C#CC(C)(CCCc1ccc(F)c(Oc2ccc(Cl)cc2)c1)c1ccc(OC(F)F)cc1.C=CC(C)(CCCc1ccc(F)c(Oc2ccc(Cl)cc2)c1)c1ccc(OC(F)F)cc1. The average molecular weight is 920 g/mol. The molecule has 334 valence electrons. The van der Waals surface area contributed by atoms with Crippen LogP contribution in [0.4, 0.5) is 26.3 Å². The zero-order valence-electron chi connectivity index (χ0n) is 35.1. The number of ether oxygens (including phenoxy) is 4. The van der Waals surface area contributed by atoms with Crippen molar-refractivity contribution in [2.45, 2.75) is 76.4 Å². The maximum Gasteiger partial charge on any atom is 0.387 e. The molecule has 0 aliphatic carbocycles. The maximum absolute atomic E-state index is 14.2. The molecule has 6 rings (SSSR count). The molecule has 0 heterocycles. The van der Waals surface area contributed by atoms with Gasteiger partial charge >= 0.3 is 13.2 Å². The Hall–Kier alpha value is -6.02. The van der Waals surface area contributed by atoms with Crippen LogP contribution in [-0.4, -0.2) is 13.2 Å². The summed E-state index contributed by atoms with van der Waals surface area (Å²) in [5.74, 6) is 3.42. The van der Waals surface area contributed by atoms with Crippen LogP contribution < -0.4 is 18.9 Å². The second kappa shape index (κ2) is 23.1. The molecule has 0 amide bonds. The number of terminal acetylenes is 1. The van der Waals surface area contributed by atoms with Gasteiger partial charge in [0.1, 0.15) is 23.0 Å². The Bertz CT molecular complexity index is 2460. The minimum atomic E-state index is -2.87. The molecule has 0 spiro atoms. The highest BCUT2D eigenvalue weighted by Crippen LogP contribution is 2.35. The molecule has 12 heteroatoms. The largest absolute Gasteiger partial charge is 0.454 e. The Balaban J connectivity index is 0.000000241. The first-order valence-corrected chi connectivity index (χ1v) is 21.0. The van der Waals surface area contributed by atoms with E-state index in [2.05, 4.69) is 22.0 Å². The topological polar surface area (TPSA) is 36.9 Å². The Kier molecular flexibility index (Phi) is 17.7. The van der Waals surface area contributed by atoms with E-state index in [4.69, 9.17) is 39.1 Å². The van der Waals surface area contributed by atoms with Gasteiger partial charge in [0, 0.05) is 15.5 Å². The van der Waals surface area contributed by atoms with Crippen LogP contribution in [0.25, 0.3) is 0 Å². The third-order valence-corrected chi connectivity index (χ3v) is 11.1. The number of hydrogen-bond donors (Lipinski definition) is 0. The van der Waals surface area contributed by atoms with Crippen molar-refractivity contribution in [3.05, 3.63) is 190 Å². The van der Waals surface area contributed by atoms with E-state index in [0.29, 0.717) is 40.8 Å². The van der Waals surface area contributed by atoms with Crippen LogP contribution in [0.2, 0.25) is 10.0 Å². The van der Waals surface area contributed by atoms with Crippen molar-refractivity contribution in [3.8, 4) is 46.8 Å². The summed E-state index contributed by atoms with van der Waals surface area (Å²) < 4.78 is 98.0. The minimum absolute atomic E-state index is 0.0858. The molecule has 0 saturated heterocycles. The third kappa shape index (κ3) is 14.5. The van der Waals surface area contributed by atoms with Crippen molar-refractivity contribution in [2.75, 3.05) is 0 Å². The summed E-state index contributed by atoms with van der Waals surface area (Å²) in [6.07, 6.45) is 12.0. The van der Waals surface area contributed by atoms with Crippen LogP contribution in [-0.2, 0) is 23.7 Å². The van der Waals surface area contributed by atoms with Crippen molar-refractivity contribution in [1.82, 2.24) is 0 Å². The highest BCUT2D eigenvalue weighted by molar-refractivity contribution is 6.30. The molecule has 6 aromatic carbocycles. The Labute approximate surface area is 380 Å². The summed E-state index contributed by atoms with van der Waals surface area (Å²) in [5, 5.41) is 1.15. The lowest BCUT2D eigenvalue weighted by Gasteiger charge is -2.27. The summed E-state index contributed by atoms with van der Waals surface area (Å²) >= 11 is 11.7. The summed E-state index contributed by atoms with van der Waals surface area (Å²) in [6.45, 7) is 2.20. The fraction of sp³-hybridized carbons (Fsp3) is 0.231. The maximum atomic E-state index is 14.2. The smallest absolute Gasteiger partial charge is 0.387 e. The lowest BCUT2D eigenvalue weighted by Crippen LogP contribution is -2.19.